The van der Waals surface area contributed by atoms with Crippen molar-refractivity contribution in [2.75, 3.05) is 0 Å². The highest BCUT2D eigenvalue weighted by Crippen LogP contribution is 2.23. The zero-order chi connectivity index (χ0) is 9.57. The molecule has 0 amide bonds. The van der Waals surface area contributed by atoms with Gasteiger partial charge in [0.2, 0.25) is 19.7 Å². The lowest BCUT2D eigenvalue weighted by Gasteiger charge is -2.52. The van der Waals surface area contributed by atoms with E-state index in [1.165, 1.54) is 0 Å². The summed E-state index contributed by atoms with van der Waals surface area (Å²) in [5.74, 6) is 0. The summed E-state index contributed by atoms with van der Waals surface area (Å²) in [6.45, 7) is 13.7. The van der Waals surface area contributed by atoms with Crippen molar-refractivity contribution in [2.45, 2.75) is 52.6 Å². The molecule has 0 N–H and O–H groups in total. The third-order valence-electron chi connectivity index (χ3n) is 1.74. The molecule has 0 aromatic rings. The van der Waals surface area contributed by atoms with Crippen molar-refractivity contribution in [1.82, 2.24) is 8.46 Å². The molecule has 4 radical (unpaired) electrons. The Balaban J connectivity index is 2.39. The van der Waals surface area contributed by atoms with Gasteiger partial charge in [-0.3, -0.25) is 0 Å². The Morgan fingerprint density at radius 2 is 0.917 bits per heavy atom. The Bertz CT molecular complexity index is 145. The van der Waals surface area contributed by atoms with E-state index in [0.29, 0.717) is 11.1 Å². The molecule has 1 fully saturated rings. The van der Waals surface area contributed by atoms with Gasteiger partial charge < -0.3 is 8.46 Å². The van der Waals surface area contributed by atoms with Crippen LogP contribution >= 0.6 is 0 Å². The molecule has 0 saturated carbocycles. The Hall–Kier alpha value is 0.354. The summed E-state index contributed by atoms with van der Waals surface area (Å²) in [7, 11) is 1.77. The Morgan fingerprint density at radius 3 is 1.08 bits per heavy atom. The van der Waals surface area contributed by atoms with E-state index >= 15 is 0 Å². The SMILES string of the molecule is CC(C)(C)N1[Si]N(C(C)(C)C)[Si]1. The first kappa shape index (κ1) is 10.4. The lowest BCUT2D eigenvalue weighted by atomic mass is 10.1. The van der Waals surface area contributed by atoms with Crippen molar-refractivity contribution in [3.63, 3.8) is 0 Å². The molecule has 1 rings (SSSR count). The summed E-state index contributed by atoms with van der Waals surface area (Å²) in [5, 5.41) is 0. The minimum Gasteiger partial charge on any atom is -0.318 e. The van der Waals surface area contributed by atoms with E-state index in [1.807, 2.05) is 0 Å². The first-order valence-electron chi connectivity index (χ1n) is 4.34. The normalized spacial score (nSPS) is 22.5. The largest absolute Gasteiger partial charge is 0.318 e. The molecule has 1 aliphatic rings. The fourth-order valence-corrected chi connectivity index (χ4v) is 3.30. The third-order valence-corrected chi connectivity index (χ3v) is 6.42. The standard InChI is InChI=1S/C8H18N2Si2/c1-7(2,3)9-11-10(12-9)8(4,5)6/h1-6H3. The summed E-state index contributed by atoms with van der Waals surface area (Å²) >= 11 is 0. The van der Waals surface area contributed by atoms with E-state index in [2.05, 4.69) is 50.0 Å². The van der Waals surface area contributed by atoms with E-state index < -0.39 is 0 Å². The van der Waals surface area contributed by atoms with Crippen LogP contribution in [0.2, 0.25) is 0 Å². The van der Waals surface area contributed by atoms with Crippen LogP contribution in [-0.2, 0) is 0 Å². The zero-order valence-corrected chi connectivity index (χ0v) is 10.9. The second-order valence-electron chi connectivity index (χ2n) is 5.21. The van der Waals surface area contributed by atoms with Gasteiger partial charge in [0, 0.05) is 11.1 Å². The number of rotatable bonds is 0. The van der Waals surface area contributed by atoms with Crippen LogP contribution in [0.3, 0.4) is 0 Å². The van der Waals surface area contributed by atoms with Gasteiger partial charge in [0.05, 0.1) is 0 Å². The molecule has 12 heavy (non-hydrogen) atoms. The van der Waals surface area contributed by atoms with Gasteiger partial charge in [0.15, 0.2) is 0 Å². The Morgan fingerprint density at radius 1 is 0.667 bits per heavy atom. The van der Waals surface area contributed by atoms with Crippen LogP contribution in [0.4, 0.5) is 0 Å². The summed E-state index contributed by atoms with van der Waals surface area (Å²) in [5.41, 5.74) is 0.720. The van der Waals surface area contributed by atoms with Crippen molar-refractivity contribution in [3.8, 4) is 0 Å². The van der Waals surface area contributed by atoms with Crippen molar-refractivity contribution >= 4 is 19.7 Å². The van der Waals surface area contributed by atoms with Crippen LogP contribution < -0.4 is 0 Å². The molecular formula is C8H18N2Si2. The molecule has 0 unspecified atom stereocenters. The van der Waals surface area contributed by atoms with E-state index in [0.717, 1.165) is 19.7 Å². The molecule has 0 bridgehead atoms. The lowest BCUT2D eigenvalue weighted by Crippen LogP contribution is -2.71. The number of nitrogens with zero attached hydrogens (tertiary/aromatic N) is 2. The van der Waals surface area contributed by atoms with Crippen molar-refractivity contribution in [1.29, 1.82) is 0 Å². The van der Waals surface area contributed by atoms with Crippen LogP contribution in [0.25, 0.3) is 0 Å². The molecule has 68 valence electrons. The fourth-order valence-electron chi connectivity index (χ4n) is 0.800. The van der Waals surface area contributed by atoms with Crippen LogP contribution in [0.5, 0.6) is 0 Å². The topological polar surface area (TPSA) is 6.48 Å². The molecule has 0 spiro atoms. The fraction of sp³-hybridized carbons (Fsp3) is 1.00. The van der Waals surface area contributed by atoms with Crippen LogP contribution in [0, 0.1) is 0 Å². The number of hydrogen-bond acceptors (Lipinski definition) is 2. The summed E-state index contributed by atoms with van der Waals surface area (Å²) in [6, 6.07) is 0. The monoisotopic (exact) mass is 198 g/mol. The smallest absolute Gasteiger partial charge is 0.238 e. The Labute approximate surface area is 81.3 Å². The molecule has 1 heterocycles. The average Bonchev–Trinajstić information content (AvgIpc) is 1.46. The van der Waals surface area contributed by atoms with Gasteiger partial charge in [0.25, 0.3) is 0 Å². The summed E-state index contributed by atoms with van der Waals surface area (Å²) in [4.78, 5) is 0. The van der Waals surface area contributed by atoms with E-state index in [9.17, 15) is 0 Å². The molecule has 0 aliphatic carbocycles. The first-order chi connectivity index (χ1) is 5.21. The first-order valence-corrected chi connectivity index (χ1v) is 6.13. The lowest BCUT2D eigenvalue weighted by molar-refractivity contribution is 0.249. The van der Waals surface area contributed by atoms with E-state index in [1.54, 1.807) is 0 Å². The molecular weight excluding hydrogens is 180 g/mol. The summed E-state index contributed by atoms with van der Waals surface area (Å²) in [6.07, 6.45) is 0. The predicted octanol–water partition coefficient (Wildman–Crippen LogP) is 1.27. The summed E-state index contributed by atoms with van der Waals surface area (Å²) < 4.78 is 5.08. The maximum Gasteiger partial charge on any atom is 0.238 e. The van der Waals surface area contributed by atoms with E-state index in [-0.39, 0.29) is 0 Å². The van der Waals surface area contributed by atoms with Gasteiger partial charge in [-0.05, 0) is 41.5 Å². The second-order valence-corrected chi connectivity index (χ2v) is 8.30. The van der Waals surface area contributed by atoms with Crippen LogP contribution in [0.1, 0.15) is 41.5 Å². The highest BCUT2D eigenvalue weighted by atomic mass is 28.4. The molecule has 0 aromatic carbocycles. The van der Waals surface area contributed by atoms with Gasteiger partial charge in [-0.2, -0.15) is 0 Å². The van der Waals surface area contributed by atoms with E-state index in [4.69, 9.17) is 0 Å². The predicted molar refractivity (Wildman–Crippen MR) is 54.7 cm³/mol. The van der Waals surface area contributed by atoms with Crippen molar-refractivity contribution in [3.05, 3.63) is 0 Å². The molecule has 0 atom stereocenters. The van der Waals surface area contributed by atoms with Gasteiger partial charge >= 0.3 is 0 Å². The maximum atomic E-state index is 2.54. The highest BCUT2D eigenvalue weighted by Gasteiger charge is 2.40. The van der Waals surface area contributed by atoms with Gasteiger partial charge in [-0.15, -0.1) is 0 Å². The zero-order valence-electron chi connectivity index (χ0n) is 8.89. The molecule has 1 aliphatic heterocycles. The third kappa shape index (κ3) is 2.19. The number of hydrogen-bond donors (Lipinski definition) is 0. The molecule has 1 saturated heterocycles. The van der Waals surface area contributed by atoms with Crippen molar-refractivity contribution < 1.29 is 0 Å². The van der Waals surface area contributed by atoms with Crippen LogP contribution in [-0.4, -0.2) is 39.2 Å². The maximum absolute atomic E-state index is 2.54. The minimum absolute atomic E-state index is 0.360. The Kier molecular flexibility index (Phi) is 2.55. The quantitative estimate of drug-likeness (QED) is 0.541. The molecule has 0 aromatic heterocycles. The van der Waals surface area contributed by atoms with Crippen LogP contribution in [0.15, 0.2) is 0 Å². The minimum atomic E-state index is 0.360. The van der Waals surface area contributed by atoms with Gasteiger partial charge in [-0.25, -0.2) is 0 Å². The van der Waals surface area contributed by atoms with Gasteiger partial charge in [-0.1, -0.05) is 0 Å². The van der Waals surface area contributed by atoms with Crippen molar-refractivity contribution in [2.24, 2.45) is 0 Å². The van der Waals surface area contributed by atoms with Gasteiger partial charge in [0.1, 0.15) is 0 Å². The molecule has 2 nitrogen and oxygen atoms in total. The second kappa shape index (κ2) is 2.94. The molecule has 4 heteroatoms. The average molecular weight is 198 g/mol. The highest BCUT2D eigenvalue weighted by molar-refractivity contribution is 6.65.